The maximum absolute atomic E-state index is 12.8. The highest BCUT2D eigenvalue weighted by Gasteiger charge is 2.30. The number of carbonyl (C=O) groups is 1. The largest absolute Gasteiger partial charge is 0.416 e. The van der Waals surface area contributed by atoms with E-state index < -0.39 is 11.7 Å². The van der Waals surface area contributed by atoms with Gasteiger partial charge in [-0.2, -0.15) is 13.2 Å². The summed E-state index contributed by atoms with van der Waals surface area (Å²) in [5.74, 6) is -0.348. The molecule has 0 radical (unpaired) electrons. The molecule has 0 atom stereocenters. The van der Waals surface area contributed by atoms with Gasteiger partial charge in [-0.3, -0.25) is 4.79 Å². The van der Waals surface area contributed by atoms with Gasteiger partial charge in [0.05, 0.1) is 20.3 Å². The first-order valence-electron chi connectivity index (χ1n) is 7.62. The van der Waals surface area contributed by atoms with E-state index in [2.05, 4.69) is 27.8 Å². The van der Waals surface area contributed by atoms with Crippen LogP contribution in [-0.2, 0) is 19.3 Å². The Balaban J connectivity index is 1.82. The number of hydrogen-bond donors (Lipinski definition) is 1. The van der Waals surface area contributed by atoms with E-state index in [1.165, 1.54) is 17.4 Å². The van der Waals surface area contributed by atoms with Gasteiger partial charge in [-0.25, -0.2) is 0 Å². The van der Waals surface area contributed by atoms with Gasteiger partial charge >= 0.3 is 6.18 Å². The van der Waals surface area contributed by atoms with Crippen LogP contribution in [0.25, 0.3) is 10.2 Å². The quantitative estimate of drug-likeness (QED) is 0.512. The summed E-state index contributed by atoms with van der Waals surface area (Å²) in [6, 6.07) is 6.70. The van der Waals surface area contributed by atoms with Crippen LogP contribution in [-0.4, -0.2) is 10.5 Å². The van der Waals surface area contributed by atoms with Gasteiger partial charge in [0, 0.05) is 18.5 Å². The van der Waals surface area contributed by atoms with Gasteiger partial charge in [-0.05, 0) is 39.7 Å². The molecule has 0 spiro atoms. The molecule has 1 aromatic carbocycles. The number of hydrogen-bond acceptors (Lipinski definition) is 2. The predicted molar refractivity (Wildman–Crippen MR) is 100 cm³/mol. The van der Waals surface area contributed by atoms with Gasteiger partial charge in [-0.15, -0.1) is 17.9 Å². The smallest absolute Gasteiger partial charge is 0.347 e. The molecule has 1 amide bonds. The van der Waals surface area contributed by atoms with Gasteiger partial charge in [-0.1, -0.05) is 18.2 Å². The summed E-state index contributed by atoms with van der Waals surface area (Å²) in [6.07, 6.45) is -2.72. The average Bonchev–Trinajstić information content (AvgIpc) is 3.13. The molecule has 0 aliphatic carbocycles. The number of rotatable bonds is 5. The van der Waals surface area contributed by atoms with Crippen LogP contribution < -0.4 is 5.32 Å². The van der Waals surface area contributed by atoms with Gasteiger partial charge in [0.15, 0.2) is 0 Å². The third kappa shape index (κ3) is 3.71. The standard InChI is InChI=1S/C18H14BrF3N2OS/c1-2-6-24-14(8-15-16(24)13(19)10-26-15)17(25)23-9-11-4-3-5-12(7-11)18(20,21)22/h2-5,7-8,10H,1,6,9H2,(H,23,25). The van der Waals surface area contributed by atoms with E-state index in [9.17, 15) is 18.0 Å². The lowest BCUT2D eigenvalue weighted by molar-refractivity contribution is -0.137. The fourth-order valence-electron chi connectivity index (χ4n) is 2.67. The summed E-state index contributed by atoms with van der Waals surface area (Å²) in [5.41, 5.74) is 1.00. The molecule has 2 aromatic heterocycles. The molecule has 1 N–H and O–H groups in total. The van der Waals surface area contributed by atoms with Crippen LogP contribution in [0.2, 0.25) is 0 Å². The molecule has 136 valence electrons. The van der Waals surface area contributed by atoms with E-state index in [1.54, 1.807) is 18.2 Å². The van der Waals surface area contributed by atoms with E-state index in [4.69, 9.17) is 0 Å². The van der Waals surface area contributed by atoms with Crippen LogP contribution in [0.3, 0.4) is 0 Å². The van der Waals surface area contributed by atoms with E-state index >= 15 is 0 Å². The van der Waals surface area contributed by atoms with E-state index in [1.807, 2.05) is 9.95 Å². The molecule has 3 rings (SSSR count). The monoisotopic (exact) mass is 442 g/mol. The molecule has 0 aliphatic heterocycles. The Labute approximate surface area is 160 Å². The van der Waals surface area contributed by atoms with Crippen LogP contribution in [0.5, 0.6) is 0 Å². The summed E-state index contributed by atoms with van der Waals surface area (Å²) < 4.78 is 42.0. The van der Waals surface area contributed by atoms with Crippen LogP contribution in [0.15, 0.2) is 52.8 Å². The summed E-state index contributed by atoms with van der Waals surface area (Å²) in [5, 5.41) is 4.63. The number of nitrogens with zero attached hydrogens (tertiary/aromatic N) is 1. The Morgan fingerprint density at radius 1 is 1.35 bits per heavy atom. The molecule has 0 bridgehead atoms. The van der Waals surface area contributed by atoms with Crippen molar-refractivity contribution < 1.29 is 18.0 Å². The van der Waals surface area contributed by atoms with Gasteiger partial charge < -0.3 is 9.88 Å². The number of benzene rings is 1. The maximum atomic E-state index is 12.8. The molecule has 26 heavy (non-hydrogen) atoms. The second kappa shape index (κ2) is 7.28. The number of thiophene rings is 1. The molecule has 2 heterocycles. The first kappa shape index (κ1) is 18.7. The number of carbonyl (C=O) groups excluding carboxylic acids is 1. The zero-order chi connectivity index (χ0) is 18.9. The number of alkyl halides is 3. The van der Waals surface area contributed by atoms with Gasteiger partial charge in [0.25, 0.3) is 5.91 Å². The number of aromatic nitrogens is 1. The fourth-order valence-corrected chi connectivity index (χ4v) is 4.36. The third-order valence-corrected chi connectivity index (χ3v) is 5.66. The maximum Gasteiger partial charge on any atom is 0.416 e. The van der Waals surface area contributed by atoms with Crippen molar-refractivity contribution in [2.75, 3.05) is 0 Å². The third-order valence-electron chi connectivity index (χ3n) is 3.83. The summed E-state index contributed by atoms with van der Waals surface area (Å²) in [7, 11) is 0. The normalized spacial score (nSPS) is 11.7. The van der Waals surface area contributed by atoms with Crippen molar-refractivity contribution in [3.63, 3.8) is 0 Å². The molecular formula is C18H14BrF3N2OS. The summed E-state index contributed by atoms with van der Waals surface area (Å²) in [6.45, 7) is 4.17. The Hall–Kier alpha value is -2.06. The number of nitrogens with one attached hydrogen (secondary N) is 1. The van der Waals surface area contributed by atoms with E-state index in [-0.39, 0.29) is 12.5 Å². The van der Waals surface area contributed by atoms with Gasteiger partial charge in [0.1, 0.15) is 5.69 Å². The van der Waals surface area contributed by atoms with Crippen LogP contribution in [0.1, 0.15) is 21.6 Å². The molecule has 0 unspecified atom stereocenters. The molecule has 8 heteroatoms. The zero-order valence-electron chi connectivity index (χ0n) is 13.4. The first-order chi connectivity index (χ1) is 12.3. The van der Waals surface area contributed by atoms with E-state index in [0.717, 1.165) is 26.8 Å². The predicted octanol–water partition coefficient (Wildman–Crippen LogP) is 5.60. The highest BCUT2D eigenvalue weighted by atomic mass is 79.9. The number of halogens is 4. The molecule has 3 nitrogen and oxygen atoms in total. The SMILES string of the molecule is C=CCn1c(C(=O)NCc2cccc(C(F)(F)F)c2)cc2scc(Br)c21. The van der Waals surface area contributed by atoms with Crippen molar-refractivity contribution in [1.82, 2.24) is 9.88 Å². The summed E-state index contributed by atoms with van der Waals surface area (Å²) in [4.78, 5) is 12.6. The minimum atomic E-state index is -4.41. The Bertz CT molecular complexity index is 975. The van der Waals surface area contributed by atoms with Crippen LogP contribution in [0, 0.1) is 0 Å². The van der Waals surface area contributed by atoms with Crippen molar-refractivity contribution in [2.24, 2.45) is 0 Å². The molecule has 0 aliphatic rings. The van der Waals surface area contributed by atoms with Crippen molar-refractivity contribution >= 4 is 43.4 Å². The van der Waals surface area contributed by atoms with Crippen LogP contribution in [0.4, 0.5) is 13.2 Å². The minimum Gasteiger partial charge on any atom is -0.347 e. The fraction of sp³-hybridized carbons (Fsp3) is 0.167. The van der Waals surface area contributed by atoms with Crippen molar-refractivity contribution in [2.45, 2.75) is 19.3 Å². The lowest BCUT2D eigenvalue weighted by Gasteiger charge is -2.11. The lowest BCUT2D eigenvalue weighted by atomic mass is 10.1. The Morgan fingerprint density at radius 2 is 2.12 bits per heavy atom. The number of allylic oxidation sites excluding steroid dienone is 1. The first-order valence-corrected chi connectivity index (χ1v) is 9.30. The number of fused-ring (bicyclic) bond motifs is 1. The van der Waals surface area contributed by atoms with Gasteiger partial charge in [0.2, 0.25) is 0 Å². The minimum absolute atomic E-state index is 0.0108. The molecule has 0 saturated heterocycles. The summed E-state index contributed by atoms with van der Waals surface area (Å²) >= 11 is 4.97. The Morgan fingerprint density at radius 3 is 2.81 bits per heavy atom. The average molecular weight is 443 g/mol. The zero-order valence-corrected chi connectivity index (χ0v) is 15.8. The molecule has 0 saturated carbocycles. The van der Waals surface area contributed by atoms with E-state index in [0.29, 0.717) is 17.8 Å². The lowest BCUT2D eigenvalue weighted by Crippen LogP contribution is -2.25. The van der Waals surface area contributed by atoms with Crippen molar-refractivity contribution in [3.8, 4) is 0 Å². The topological polar surface area (TPSA) is 34.0 Å². The molecule has 0 fully saturated rings. The number of amides is 1. The molecular weight excluding hydrogens is 429 g/mol. The van der Waals surface area contributed by atoms with Crippen molar-refractivity contribution in [3.05, 3.63) is 69.7 Å². The Kier molecular flexibility index (Phi) is 5.24. The highest BCUT2D eigenvalue weighted by Crippen LogP contribution is 2.33. The second-order valence-electron chi connectivity index (χ2n) is 5.61. The van der Waals surface area contributed by atoms with Crippen LogP contribution >= 0.6 is 27.3 Å². The second-order valence-corrected chi connectivity index (χ2v) is 7.37. The van der Waals surface area contributed by atoms with Crippen molar-refractivity contribution in [1.29, 1.82) is 0 Å². The molecule has 3 aromatic rings. The highest BCUT2D eigenvalue weighted by molar-refractivity contribution is 9.10.